The number of likely N-dealkylation sites (N-methyl/N-ethyl adjacent to an activating group) is 1. The van der Waals surface area contributed by atoms with E-state index in [-0.39, 0.29) is 32.2 Å². The Bertz CT molecular complexity index is 1270. The molecule has 0 saturated carbocycles. The lowest BCUT2D eigenvalue weighted by atomic mass is 10.0. The minimum absolute atomic E-state index is 0.150. The van der Waals surface area contributed by atoms with Crippen molar-refractivity contribution in [1.29, 1.82) is 0 Å². The second kappa shape index (κ2) is 60.1. The summed E-state index contributed by atoms with van der Waals surface area (Å²) in [4.78, 5) is 37.3. The van der Waals surface area contributed by atoms with Crippen molar-refractivity contribution in [2.45, 2.75) is 360 Å². The number of quaternary nitrogens is 1. The van der Waals surface area contributed by atoms with Crippen molar-refractivity contribution in [3.05, 3.63) is 12.2 Å². The first-order chi connectivity index (χ1) is 37.6. The van der Waals surface area contributed by atoms with E-state index in [9.17, 15) is 19.5 Å². The molecule has 77 heavy (non-hydrogen) atoms. The predicted octanol–water partition coefficient (Wildman–Crippen LogP) is 19.1. The third kappa shape index (κ3) is 61.5. The summed E-state index contributed by atoms with van der Waals surface area (Å²) in [5.41, 5.74) is 0. The molecule has 0 heterocycles. The number of hydrogen-bond donors (Lipinski definition) is 0. The van der Waals surface area contributed by atoms with Gasteiger partial charge < -0.3 is 33.3 Å². The van der Waals surface area contributed by atoms with Gasteiger partial charge in [-0.05, 0) is 38.5 Å². The molecule has 0 N–H and O–H groups in total. The van der Waals surface area contributed by atoms with E-state index in [2.05, 4.69) is 26.0 Å². The van der Waals surface area contributed by atoms with Gasteiger partial charge in [0.25, 0.3) is 0 Å². The molecule has 0 amide bonds. The van der Waals surface area contributed by atoms with Crippen LogP contribution in [0.15, 0.2) is 12.2 Å². The van der Waals surface area contributed by atoms with Gasteiger partial charge in [-0.3, -0.25) is 9.59 Å². The number of esters is 2. The highest BCUT2D eigenvalue weighted by Crippen LogP contribution is 2.19. The van der Waals surface area contributed by atoms with Crippen LogP contribution in [-0.2, 0) is 33.3 Å². The van der Waals surface area contributed by atoms with Crippen LogP contribution in [0.4, 0.5) is 0 Å². The molecule has 0 bridgehead atoms. The monoisotopic (exact) mass is 1090 g/mol. The molecule has 2 atom stereocenters. The molecule has 0 aromatic heterocycles. The number of nitrogens with zero attached hydrogens (tertiary/aromatic N) is 1. The van der Waals surface area contributed by atoms with Gasteiger partial charge in [0.05, 0.1) is 40.3 Å². The molecule has 0 radical (unpaired) electrons. The summed E-state index contributed by atoms with van der Waals surface area (Å²) in [7, 11) is 5.93. The van der Waals surface area contributed by atoms with Crippen LogP contribution in [0.25, 0.3) is 0 Å². The summed E-state index contributed by atoms with van der Waals surface area (Å²) in [6, 6.07) is 0. The SMILES string of the molecule is CCCCCCC/C=C\CCCCCCCC(=O)OC(COC(=O)CCCCCCCCCCCCCCCCCCCCCCCCCCCCCCCCCCCCCCCC)COC(OCC[N+](C)(C)C)C(=O)[O-]. The van der Waals surface area contributed by atoms with Crippen LogP contribution in [0.2, 0.25) is 0 Å². The smallest absolute Gasteiger partial charge is 0.306 e. The molecule has 0 aliphatic carbocycles. The Kier molecular flexibility index (Phi) is 58.6. The molecule has 9 heteroatoms. The molecular weight excluding hydrogens is 959 g/mol. The molecule has 0 saturated heterocycles. The molecule has 0 fully saturated rings. The molecular formula is C68H131NO8. The molecule has 0 aromatic rings. The quantitative estimate of drug-likeness (QED) is 0.0195. The molecule has 0 aliphatic rings. The average molecular weight is 1090 g/mol. The third-order valence-corrected chi connectivity index (χ3v) is 15.5. The van der Waals surface area contributed by atoms with Crippen LogP contribution in [0.1, 0.15) is 348 Å². The number of allylic oxidation sites excluding steroid dienone is 2. The first kappa shape index (κ1) is 75.0. The zero-order valence-corrected chi connectivity index (χ0v) is 52.1. The van der Waals surface area contributed by atoms with E-state index in [1.165, 1.54) is 263 Å². The summed E-state index contributed by atoms with van der Waals surface area (Å²) in [5, 5.41) is 11.8. The first-order valence-corrected chi connectivity index (χ1v) is 33.8. The van der Waals surface area contributed by atoms with Crippen molar-refractivity contribution in [3.63, 3.8) is 0 Å². The second-order valence-corrected chi connectivity index (χ2v) is 24.5. The normalized spacial score (nSPS) is 12.7. The van der Waals surface area contributed by atoms with Crippen LogP contribution in [0.3, 0.4) is 0 Å². The Morgan fingerprint density at radius 3 is 0.961 bits per heavy atom. The Labute approximate surface area is 478 Å². The fourth-order valence-corrected chi connectivity index (χ4v) is 10.3. The minimum Gasteiger partial charge on any atom is -0.545 e. The molecule has 456 valence electrons. The van der Waals surface area contributed by atoms with Crippen molar-refractivity contribution in [3.8, 4) is 0 Å². The van der Waals surface area contributed by atoms with E-state index in [1.807, 2.05) is 21.1 Å². The second-order valence-electron chi connectivity index (χ2n) is 24.5. The van der Waals surface area contributed by atoms with E-state index in [0.29, 0.717) is 23.9 Å². The maximum atomic E-state index is 12.8. The third-order valence-electron chi connectivity index (χ3n) is 15.5. The number of carbonyl (C=O) groups excluding carboxylic acids is 3. The highest BCUT2D eigenvalue weighted by atomic mass is 16.7. The zero-order chi connectivity index (χ0) is 56.2. The number of hydrogen-bond acceptors (Lipinski definition) is 8. The number of carboxylic acid groups (broad SMARTS) is 1. The van der Waals surface area contributed by atoms with Gasteiger partial charge in [0.1, 0.15) is 13.2 Å². The topological polar surface area (TPSA) is 111 Å². The summed E-state index contributed by atoms with van der Waals surface area (Å²) < 4.78 is 22.7. The van der Waals surface area contributed by atoms with Gasteiger partial charge in [0, 0.05) is 12.8 Å². The van der Waals surface area contributed by atoms with Gasteiger partial charge >= 0.3 is 11.9 Å². The summed E-state index contributed by atoms with van der Waals surface area (Å²) in [5.74, 6) is -2.27. The lowest BCUT2D eigenvalue weighted by Gasteiger charge is -2.26. The summed E-state index contributed by atoms with van der Waals surface area (Å²) in [6.45, 7) is 4.78. The minimum atomic E-state index is -1.62. The van der Waals surface area contributed by atoms with E-state index in [1.54, 1.807) is 0 Å². The molecule has 0 rings (SSSR count). The van der Waals surface area contributed by atoms with E-state index in [4.69, 9.17) is 18.9 Å². The molecule has 0 aromatic carbocycles. The van der Waals surface area contributed by atoms with Crippen molar-refractivity contribution >= 4 is 17.9 Å². The maximum Gasteiger partial charge on any atom is 0.306 e. The van der Waals surface area contributed by atoms with Gasteiger partial charge in [-0.15, -0.1) is 0 Å². The van der Waals surface area contributed by atoms with E-state index >= 15 is 0 Å². The number of carboxylic acids is 1. The zero-order valence-electron chi connectivity index (χ0n) is 52.1. The Morgan fingerprint density at radius 2 is 0.662 bits per heavy atom. The standard InChI is InChI=1S/C68H131NO8/c1-6-8-10-12-14-16-18-20-22-23-24-25-26-27-28-29-30-31-32-33-34-35-36-37-38-39-40-41-42-43-44-45-47-48-50-52-54-56-58-65(70)75-62-64(63-76-68(67(72)73)74-61-60-69(3,4)5)77-66(71)59-57-55-53-51-49-46-21-19-17-15-13-11-9-7-2/h19,21,64,68H,6-18,20,22-63H2,1-5H3/b21-19-. The number of rotatable bonds is 64. The molecule has 0 spiro atoms. The highest BCUT2D eigenvalue weighted by Gasteiger charge is 2.22. The Balaban J connectivity index is 3.88. The lowest BCUT2D eigenvalue weighted by molar-refractivity contribution is -0.870. The molecule has 2 unspecified atom stereocenters. The maximum absolute atomic E-state index is 12.8. The fraction of sp³-hybridized carbons (Fsp3) is 0.926. The predicted molar refractivity (Wildman–Crippen MR) is 325 cm³/mol. The number of carbonyl (C=O) groups is 3. The Hall–Kier alpha value is -1.97. The van der Waals surface area contributed by atoms with Crippen molar-refractivity contribution < 1.29 is 42.9 Å². The van der Waals surface area contributed by atoms with Crippen LogP contribution < -0.4 is 5.11 Å². The van der Waals surface area contributed by atoms with E-state index < -0.39 is 24.3 Å². The number of ether oxygens (including phenoxy) is 4. The van der Waals surface area contributed by atoms with Crippen LogP contribution in [0, 0.1) is 0 Å². The lowest BCUT2D eigenvalue weighted by Crippen LogP contribution is -2.44. The van der Waals surface area contributed by atoms with Gasteiger partial charge in [-0.2, -0.15) is 0 Å². The van der Waals surface area contributed by atoms with Gasteiger partial charge in [-0.1, -0.05) is 309 Å². The number of aliphatic carboxylic acids is 1. The highest BCUT2D eigenvalue weighted by molar-refractivity contribution is 5.70. The molecule has 0 aliphatic heterocycles. The van der Waals surface area contributed by atoms with Crippen molar-refractivity contribution in [1.82, 2.24) is 0 Å². The molecule has 9 nitrogen and oxygen atoms in total. The Morgan fingerprint density at radius 1 is 0.377 bits per heavy atom. The van der Waals surface area contributed by atoms with Crippen LogP contribution >= 0.6 is 0 Å². The van der Waals surface area contributed by atoms with Crippen molar-refractivity contribution in [2.75, 3.05) is 47.5 Å². The van der Waals surface area contributed by atoms with E-state index in [0.717, 1.165) is 51.4 Å². The summed E-state index contributed by atoms with van der Waals surface area (Å²) in [6.07, 6.45) is 69.0. The largest absolute Gasteiger partial charge is 0.545 e. The summed E-state index contributed by atoms with van der Waals surface area (Å²) >= 11 is 0. The van der Waals surface area contributed by atoms with Gasteiger partial charge in [-0.25, -0.2) is 0 Å². The number of unbranched alkanes of at least 4 members (excludes halogenated alkanes) is 47. The van der Waals surface area contributed by atoms with Crippen LogP contribution in [0.5, 0.6) is 0 Å². The average Bonchev–Trinajstić information content (AvgIpc) is 3.40. The van der Waals surface area contributed by atoms with Gasteiger partial charge in [0.15, 0.2) is 12.4 Å². The first-order valence-electron chi connectivity index (χ1n) is 33.8. The van der Waals surface area contributed by atoms with Crippen molar-refractivity contribution in [2.24, 2.45) is 0 Å². The van der Waals surface area contributed by atoms with Gasteiger partial charge in [0.2, 0.25) is 0 Å². The van der Waals surface area contributed by atoms with Crippen LogP contribution in [-0.4, -0.2) is 82.3 Å². The fourth-order valence-electron chi connectivity index (χ4n) is 10.3.